The molecule has 2 aromatic carbocycles. The van der Waals surface area contributed by atoms with Crippen LogP contribution in [0.15, 0.2) is 24.3 Å². The van der Waals surface area contributed by atoms with Crippen LogP contribution in [0.2, 0.25) is 10.0 Å². The van der Waals surface area contributed by atoms with Crippen LogP contribution in [0.25, 0.3) is 0 Å². The van der Waals surface area contributed by atoms with Gasteiger partial charge in [0.1, 0.15) is 5.82 Å². The summed E-state index contributed by atoms with van der Waals surface area (Å²) in [6.07, 6.45) is 0. The van der Waals surface area contributed by atoms with Gasteiger partial charge in [-0.05, 0) is 12.1 Å². The second-order valence-corrected chi connectivity index (χ2v) is 4.54. The Bertz CT molecular complexity index is 592. The average Bonchev–Trinajstić information content (AvgIpc) is 2.32. The molecule has 3 N–H and O–H groups in total. The molecule has 100 valence electrons. The van der Waals surface area contributed by atoms with Gasteiger partial charge in [-0.3, -0.25) is 0 Å². The van der Waals surface area contributed by atoms with Crippen LogP contribution in [0.3, 0.4) is 0 Å². The first-order valence-electron chi connectivity index (χ1n) is 5.04. The van der Waals surface area contributed by atoms with Crippen molar-refractivity contribution >= 4 is 40.3 Å². The Balaban J connectivity index is 2.42. The smallest absolute Gasteiger partial charge is 0.161 e. The largest absolute Gasteiger partial charge is 0.397 e. The molecule has 7 heteroatoms. The minimum Gasteiger partial charge on any atom is -0.397 e. The SMILES string of the molecule is Nc1cc(Cl)c(Cl)cc1Nc1cc(F)c(F)cc1F. The molecule has 0 aliphatic heterocycles. The Morgan fingerprint density at radius 1 is 0.789 bits per heavy atom. The topological polar surface area (TPSA) is 38.0 Å². The van der Waals surface area contributed by atoms with Gasteiger partial charge in [-0.1, -0.05) is 23.2 Å². The molecule has 0 atom stereocenters. The number of hydrogen-bond acceptors (Lipinski definition) is 2. The first-order chi connectivity index (χ1) is 8.88. The Morgan fingerprint density at radius 2 is 1.37 bits per heavy atom. The lowest BCUT2D eigenvalue weighted by molar-refractivity contribution is 0.496. The molecule has 2 nitrogen and oxygen atoms in total. The van der Waals surface area contributed by atoms with Crippen molar-refractivity contribution in [1.29, 1.82) is 0 Å². The van der Waals surface area contributed by atoms with Gasteiger partial charge in [0, 0.05) is 12.1 Å². The zero-order valence-electron chi connectivity index (χ0n) is 9.28. The monoisotopic (exact) mass is 306 g/mol. The van der Waals surface area contributed by atoms with Gasteiger partial charge >= 0.3 is 0 Å². The number of benzene rings is 2. The molecule has 0 saturated heterocycles. The molecule has 0 amide bonds. The summed E-state index contributed by atoms with van der Waals surface area (Å²) in [5, 5.41) is 2.95. The van der Waals surface area contributed by atoms with Gasteiger partial charge in [0.05, 0.1) is 27.1 Å². The Morgan fingerprint density at radius 3 is 2.05 bits per heavy atom. The van der Waals surface area contributed by atoms with Crippen molar-refractivity contribution in [2.45, 2.75) is 0 Å². The molecule has 0 fully saturated rings. The predicted molar refractivity (Wildman–Crippen MR) is 70.5 cm³/mol. The average molecular weight is 307 g/mol. The van der Waals surface area contributed by atoms with Gasteiger partial charge in [0.25, 0.3) is 0 Å². The third-order valence-electron chi connectivity index (χ3n) is 2.37. The van der Waals surface area contributed by atoms with Crippen molar-refractivity contribution < 1.29 is 13.2 Å². The second-order valence-electron chi connectivity index (χ2n) is 3.72. The maximum absolute atomic E-state index is 13.5. The highest BCUT2D eigenvalue weighted by Crippen LogP contribution is 2.33. The molecule has 2 aromatic rings. The Hall–Kier alpha value is -1.59. The van der Waals surface area contributed by atoms with E-state index >= 15 is 0 Å². The number of rotatable bonds is 2. The normalized spacial score (nSPS) is 10.6. The number of nitrogens with two attached hydrogens (primary N) is 1. The molecule has 0 aliphatic carbocycles. The highest BCUT2D eigenvalue weighted by Gasteiger charge is 2.12. The van der Waals surface area contributed by atoms with Gasteiger partial charge in [-0.25, -0.2) is 13.2 Å². The fourth-order valence-electron chi connectivity index (χ4n) is 1.43. The highest BCUT2D eigenvalue weighted by molar-refractivity contribution is 6.42. The van der Waals surface area contributed by atoms with Gasteiger partial charge < -0.3 is 11.1 Å². The molecule has 0 aromatic heterocycles. The van der Waals surface area contributed by atoms with E-state index in [0.717, 1.165) is 0 Å². The van der Waals surface area contributed by atoms with E-state index in [1.54, 1.807) is 0 Å². The van der Waals surface area contributed by atoms with Crippen LogP contribution in [-0.2, 0) is 0 Å². The van der Waals surface area contributed by atoms with Crippen molar-refractivity contribution in [1.82, 2.24) is 0 Å². The third kappa shape index (κ3) is 2.88. The number of hydrogen-bond donors (Lipinski definition) is 2. The fourth-order valence-corrected chi connectivity index (χ4v) is 1.77. The van der Waals surface area contributed by atoms with E-state index in [9.17, 15) is 13.2 Å². The molecule has 0 heterocycles. The van der Waals surface area contributed by atoms with Crippen LogP contribution < -0.4 is 11.1 Å². The van der Waals surface area contributed by atoms with Crippen molar-refractivity contribution in [2.24, 2.45) is 0 Å². The third-order valence-corrected chi connectivity index (χ3v) is 3.09. The first-order valence-corrected chi connectivity index (χ1v) is 5.80. The minimum absolute atomic E-state index is 0.193. The summed E-state index contributed by atoms with van der Waals surface area (Å²) in [4.78, 5) is 0. The predicted octanol–water partition coefficient (Wildman–Crippen LogP) is 4.74. The van der Waals surface area contributed by atoms with Crippen molar-refractivity contribution in [3.8, 4) is 0 Å². The van der Waals surface area contributed by atoms with Gasteiger partial charge in [0.15, 0.2) is 11.6 Å². The van der Waals surface area contributed by atoms with Crippen molar-refractivity contribution in [3.63, 3.8) is 0 Å². The van der Waals surface area contributed by atoms with Gasteiger partial charge in [0.2, 0.25) is 0 Å². The zero-order chi connectivity index (χ0) is 14.2. The van der Waals surface area contributed by atoms with Crippen molar-refractivity contribution in [2.75, 3.05) is 11.1 Å². The lowest BCUT2D eigenvalue weighted by Gasteiger charge is -2.11. The Labute approximate surface area is 116 Å². The number of nitrogens with one attached hydrogen (secondary N) is 1. The van der Waals surface area contributed by atoms with Crippen molar-refractivity contribution in [3.05, 3.63) is 51.8 Å². The Kier molecular flexibility index (Phi) is 3.78. The molecule has 2 rings (SSSR count). The first kappa shape index (κ1) is 13.8. The van der Waals surface area contributed by atoms with E-state index < -0.39 is 17.5 Å². The molecule has 0 bridgehead atoms. The molecule has 0 saturated carbocycles. The maximum Gasteiger partial charge on any atom is 0.161 e. The minimum atomic E-state index is -1.27. The molecule has 19 heavy (non-hydrogen) atoms. The molecular weight excluding hydrogens is 300 g/mol. The number of halogens is 5. The van der Waals surface area contributed by atoms with Crippen LogP contribution in [0.5, 0.6) is 0 Å². The van der Waals surface area contributed by atoms with Gasteiger partial charge in [-0.2, -0.15) is 0 Å². The van der Waals surface area contributed by atoms with E-state index in [-0.39, 0.29) is 27.1 Å². The van der Waals surface area contributed by atoms with Crippen LogP contribution in [0.1, 0.15) is 0 Å². The summed E-state index contributed by atoms with van der Waals surface area (Å²) in [5.41, 5.74) is 5.83. The van der Waals surface area contributed by atoms with E-state index in [2.05, 4.69) is 5.32 Å². The van der Waals surface area contributed by atoms with Gasteiger partial charge in [-0.15, -0.1) is 0 Å². The van der Waals surface area contributed by atoms with Crippen LogP contribution in [0.4, 0.5) is 30.2 Å². The quantitative estimate of drug-likeness (QED) is 0.621. The fraction of sp³-hybridized carbons (Fsp3) is 0. The summed E-state index contributed by atoms with van der Waals surface area (Å²) in [6, 6.07) is 3.85. The second kappa shape index (κ2) is 5.19. The van der Waals surface area contributed by atoms with E-state index in [0.29, 0.717) is 12.1 Å². The summed E-state index contributed by atoms with van der Waals surface area (Å²) in [6.45, 7) is 0. The standard InChI is InChI=1S/C12H7Cl2F3N2/c13-5-1-10(18)12(2-6(5)14)19-11-4-8(16)7(15)3-9(11)17/h1-4,19H,18H2. The van der Waals surface area contributed by atoms with E-state index in [4.69, 9.17) is 28.9 Å². The lowest BCUT2D eigenvalue weighted by atomic mass is 10.2. The molecular formula is C12H7Cl2F3N2. The van der Waals surface area contributed by atoms with E-state index in [1.165, 1.54) is 12.1 Å². The zero-order valence-corrected chi connectivity index (χ0v) is 10.8. The molecule has 0 aliphatic rings. The number of anilines is 3. The summed E-state index contributed by atoms with van der Waals surface area (Å²) < 4.78 is 39.3. The molecule has 0 radical (unpaired) electrons. The number of nitrogen functional groups attached to an aromatic ring is 1. The van der Waals surface area contributed by atoms with E-state index in [1.807, 2.05) is 0 Å². The summed E-state index contributed by atoms with van der Waals surface area (Å²) in [7, 11) is 0. The summed E-state index contributed by atoms with van der Waals surface area (Å²) >= 11 is 11.5. The lowest BCUT2D eigenvalue weighted by Crippen LogP contribution is -2.00. The molecule has 0 unspecified atom stereocenters. The molecule has 0 spiro atoms. The van der Waals surface area contributed by atoms with Crippen LogP contribution in [0, 0.1) is 17.5 Å². The van der Waals surface area contributed by atoms with Crippen LogP contribution >= 0.6 is 23.2 Å². The summed E-state index contributed by atoms with van der Waals surface area (Å²) in [5.74, 6) is -3.41. The highest BCUT2D eigenvalue weighted by atomic mass is 35.5. The maximum atomic E-state index is 13.5. The van der Waals surface area contributed by atoms with Crippen LogP contribution in [-0.4, -0.2) is 0 Å².